The molecule has 28 heavy (non-hydrogen) atoms. The Bertz CT molecular complexity index is 803. The number of piperidine rings is 1. The van der Waals surface area contributed by atoms with Crippen molar-refractivity contribution >= 4 is 17.3 Å². The molecule has 0 atom stereocenters. The monoisotopic (exact) mass is 400 g/mol. The minimum atomic E-state index is 0.686. The Balaban J connectivity index is 1.73. The first-order valence-corrected chi connectivity index (χ1v) is 10.8. The van der Waals surface area contributed by atoms with E-state index < -0.39 is 0 Å². The van der Waals surface area contributed by atoms with Crippen LogP contribution in [-0.4, -0.2) is 27.9 Å². The van der Waals surface area contributed by atoms with Crippen molar-refractivity contribution in [3.05, 3.63) is 58.4 Å². The zero-order valence-electron chi connectivity index (χ0n) is 17.5. The molecular weight excluding hydrogens is 368 g/mol. The quantitative estimate of drug-likeness (QED) is 0.640. The molecule has 0 bridgehead atoms. The minimum absolute atomic E-state index is 0.686. The van der Waals surface area contributed by atoms with Gasteiger partial charge in [0.2, 0.25) is 0 Å². The van der Waals surface area contributed by atoms with Gasteiger partial charge in [-0.3, -0.25) is 4.68 Å². The molecule has 0 saturated carbocycles. The van der Waals surface area contributed by atoms with Gasteiger partial charge < -0.3 is 5.43 Å². The number of hydrazine groups is 1. The van der Waals surface area contributed by atoms with Crippen molar-refractivity contribution in [2.24, 2.45) is 5.92 Å². The highest BCUT2D eigenvalue weighted by atomic mass is 35.5. The van der Waals surface area contributed by atoms with Crippen molar-refractivity contribution in [3.8, 4) is 0 Å². The molecular formula is C23H33ClN4. The molecule has 1 saturated heterocycles. The number of aromatic nitrogens is 2. The fourth-order valence-electron chi connectivity index (χ4n) is 3.66. The zero-order chi connectivity index (χ0) is 20.1. The summed E-state index contributed by atoms with van der Waals surface area (Å²) in [4.78, 5) is 0. The van der Waals surface area contributed by atoms with E-state index in [0.29, 0.717) is 5.92 Å². The van der Waals surface area contributed by atoms with Crippen LogP contribution < -0.4 is 5.43 Å². The number of aryl methyl sites for hydroxylation is 2. The van der Waals surface area contributed by atoms with Gasteiger partial charge in [0, 0.05) is 23.8 Å². The molecule has 2 heterocycles. The molecule has 2 aromatic rings. The standard InChI is InChI=1S/C23H33ClN4/c1-17(2)8-9-20-10-11-22(24)15-21(20)16-28-18(3)14-23(26-28)19(4)25-27-12-6-5-7-13-27/h10-11,14-15,17,25H,4-9,12-13,16H2,1-3H3. The predicted molar refractivity (Wildman–Crippen MR) is 118 cm³/mol. The zero-order valence-corrected chi connectivity index (χ0v) is 18.2. The van der Waals surface area contributed by atoms with Gasteiger partial charge in [0.05, 0.1) is 12.2 Å². The Kier molecular flexibility index (Phi) is 7.19. The molecule has 1 N–H and O–H groups in total. The predicted octanol–water partition coefficient (Wildman–Crippen LogP) is 5.44. The van der Waals surface area contributed by atoms with Crippen molar-refractivity contribution in [1.82, 2.24) is 20.2 Å². The van der Waals surface area contributed by atoms with Crippen LogP contribution in [0.4, 0.5) is 0 Å². The van der Waals surface area contributed by atoms with Crippen LogP contribution in [0.5, 0.6) is 0 Å². The summed E-state index contributed by atoms with van der Waals surface area (Å²) < 4.78 is 2.06. The van der Waals surface area contributed by atoms with Crippen LogP contribution in [0.25, 0.3) is 5.70 Å². The fourth-order valence-corrected chi connectivity index (χ4v) is 3.86. The first-order chi connectivity index (χ1) is 13.4. The van der Waals surface area contributed by atoms with Gasteiger partial charge in [-0.15, -0.1) is 0 Å². The van der Waals surface area contributed by atoms with E-state index in [1.165, 1.54) is 36.8 Å². The molecule has 0 spiro atoms. The first kappa shape index (κ1) is 20.9. The van der Waals surface area contributed by atoms with Crippen LogP contribution in [-0.2, 0) is 13.0 Å². The number of halogens is 1. The minimum Gasteiger partial charge on any atom is -0.317 e. The van der Waals surface area contributed by atoms with Crippen LogP contribution >= 0.6 is 11.6 Å². The van der Waals surface area contributed by atoms with Crippen molar-refractivity contribution in [2.75, 3.05) is 13.1 Å². The number of hydrogen-bond acceptors (Lipinski definition) is 3. The van der Waals surface area contributed by atoms with Crippen molar-refractivity contribution in [2.45, 2.75) is 59.4 Å². The highest BCUT2D eigenvalue weighted by Gasteiger charge is 2.14. The smallest absolute Gasteiger partial charge is 0.109 e. The largest absolute Gasteiger partial charge is 0.317 e. The lowest BCUT2D eigenvalue weighted by Crippen LogP contribution is -2.40. The Morgan fingerprint density at radius 2 is 1.93 bits per heavy atom. The molecule has 0 aliphatic carbocycles. The van der Waals surface area contributed by atoms with E-state index >= 15 is 0 Å². The molecule has 1 aromatic carbocycles. The average molecular weight is 401 g/mol. The summed E-state index contributed by atoms with van der Waals surface area (Å²) in [5.41, 5.74) is 8.96. The maximum Gasteiger partial charge on any atom is 0.109 e. The highest BCUT2D eigenvalue weighted by Crippen LogP contribution is 2.21. The third-order valence-electron chi connectivity index (χ3n) is 5.42. The maximum absolute atomic E-state index is 6.29. The summed E-state index contributed by atoms with van der Waals surface area (Å²) in [5, 5.41) is 7.85. The Labute approximate surface area is 174 Å². The molecule has 152 valence electrons. The average Bonchev–Trinajstić information content (AvgIpc) is 3.02. The van der Waals surface area contributed by atoms with E-state index in [9.17, 15) is 0 Å². The first-order valence-electron chi connectivity index (χ1n) is 10.4. The fraction of sp³-hybridized carbons (Fsp3) is 0.522. The molecule has 1 fully saturated rings. The molecule has 0 unspecified atom stereocenters. The van der Waals surface area contributed by atoms with E-state index in [0.717, 1.165) is 48.2 Å². The molecule has 3 rings (SSSR count). The number of nitrogens with one attached hydrogen (secondary N) is 1. The van der Waals surface area contributed by atoms with E-state index in [1.54, 1.807) is 0 Å². The Morgan fingerprint density at radius 1 is 1.18 bits per heavy atom. The number of hydrogen-bond donors (Lipinski definition) is 1. The number of rotatable bonds is 8. The summed E-state index contributed by atoms with van der Waals surface area (Å²) in [6.07, 6.45) is 6.04. The lowest BCUT2D eigenvalue weighted by molar-refractivity contribution is 0.189. The second-order valence-corrected chi connectivity index (χ2v) is 8.75. The third-order valence-corrected chi connectivity index (χ3v) is 5.65. The molecule has 4 nitrogen and oxygen atoms in total. The van der Waals surface area contributed by atoms with Gasteiger partial charge >= 0.3 is 0 Å². The van der Waals surface area contributed by atoms with Gasteiger partial charge in [0.1, 0.15) is 5.69 Å². The molecule has 0 amide bonds. The van der Waals surface area contributed by atoms with E-state index in [1.807, 2.05) is 6.07 Å². The molecule has 1 aliphatic rings. The van der Waals surface area contributed by atoms with E-state index in [2.05, 4.69) is 60.7 Å². The Morgan fingerprint density at radius 3 is 2.64 bits per heavy atom. The molecule has 1 aliphatic heterocycles. The van der Waals surface area contributed by atoms with Gasteiger partial charge in [0.25, 0.3) is 0 Å². The third kappa shape index (κ3) is 5.62. The van der Waals surface area contributed by atoms with Crippen molar-refractivity contribution < 1.29 is 0 Å². The van der Waals surface area contributed by atoms with Crippen molar-refractivity contribution in [3.63, 3.8) is 0 Å². The van der Waals surface area contributed by atoms with E-state index in [-0.39, 0.29) is 0 Å². The van der Waals surface area contributed by atoms with Gasteiger partial charge in [-0.05, 0) is 67.9 Å². The van der Waals surface area contributed by atoms with Gasteiger partial charge in [-0.25, -0.2) is 5.01 Å². The SMILES string of the molecule is C=C(NN1CCCCC1)c1cc(C)n(Cc2cc(Cl)ccc2CCC(C)C)n1. The maximum atomic E-state index is 6.29. The van der Waals surface area contributed by atoms with E-state index in [4.69, 9.17) is 16.7 Å². The van der Waals surface area contributed by atoms with Crippen LogP contribution in [0, 0.1) is 12.8 Å². The molecule has 1 aromatic heterocycles. The van der Waals surface area contributed by atoms with Gasteiger partial charge in [-0.1, -0.05) is 44.5 Å². The summed E-state index contributed by atoms with van der Waals surface area (Å²) in [5.74, 6) is 0.686. The lowest BCUT2D eigenvalue weighted by atomic mass is 9.98. The second kappa shape index (κ2) is 9.62. The molecule has 0 radical (unpaired) electrons. The summed E-state index contributed by atoms with van der Waals surface area (Å²) in [7, 11) is 0. The van der Waals surface area contributed by atoms with Gasteiger partial charge in [-0.2, -0.15) is 5.10 Å². The van der Waals surface area contributed by atoms with Crippen LogP contribution in [0.3, 0.4) is 0 Å². The second-order valence-electron chi connectivity index (χ2n) is 8.31. The summed E-state index contributed by atoms with van der Waals surface area (Å²) in [6, 6.07) is 8.35. The Hall–Kier alpha value is -1.78. The van der Waals surface area contributed by atoms with Crippen LogP contribution in [0.2, 0.25) is 5.02 Å². The van der Waals surface area contributed by atoms with Crippen molar-refractivity contribution in [1.29, 1.82) is 0 Å². The van der Waals surface area contributed by atoms with Gasteiger partial charge in [0.15, 0.2) is 0 Å². The highest BCUT2D eigenvalue weighted by molar-refractivity contribution is 6.30. The topological polar surface area (TPSA) is 33.1 Å². The van der Waals surface area contributed by atoms with Crippen LogP contribution in [0.15, 0.2) is 30.8 Å². The molecule has 5 heteroatoms. The van der Waals surface area contributed by atoms with Crippen LogP contribution in [0.1, 0.15) is 62.0 Å². The number of nitrogens with zero attached hydrogens (tertiary/aromatic N) is 3. The summed E-state index contributed by atoms with van der Waals surface area (Å²) >= 11 is 6.29. The number of benzene rings is 1. The lowest BCUT2D eigenvalue weighted by Gasteiger charge is -2.28. The normalized spacial score (nSPS) is 15.2. The summed E-state index contributed by atoms with van der Waals surface area (Å²) in [6.45, 7) is 13.7.